The van der Waals surface area contributed by atoms with Crippen LogP contribution < -0.4 is 0 Å². The molecule has 0 N–H and O–H groups in total. The van der Waals surface area contributed by atoms with E-state index in [9.17, 15) is 4.79 Å². The number of hydrogen-bond donors (Lipinski definition) is 0. The first-order valence-electron chi connectivity index (χ1n) is 8.33. The van der Waals surface area contributed by atoms with Crippen LogP contribution in [0.5, 0.6) is 0 Å². The molecule has 1 saturated carbocycles. The van der Waals surface area contributed by atoms with Gasteiger partial charge in [0.15, 0.2) is 0 Å². The number of benzene rings is 1. The van der Waals surface area contributed by atoms with E-state index < -0.39 is 0 Å². The Kier molecular flexibility index (Phi) is 3.66. The van der Waals surface area contributed by atoms with Crippen molar-refractivity contribution in [1.29, 1.82) is 0 Å². The summed E-state index contributed by atoms with van der Waals surface area (Å²) >= 11 is 0. The highest BCUT2D eigenvalue weighted by molar-refractivity contribution is 5.84. The standard InChI is InChI=1S/C20H27NO/c1-13(2)12-16-18(20(16,3)4)19(22)21(5)17-11-10-14-8-6-7-9-15(14)17/h6-9,12,16-18H,10-11H2,1-5H3/t16-,17-,18+/m1/s1. The first-order valence-corrected chi connectivity index (χ1v) is 8.33. The molecule has 2 nitrogen and oxygen atoms in total. The van der Waals surface area contributed by atoms with Gasteiger partial charge in [-0.15, -0.1) is 0 Å². The van der Waals surface area contributed by atoms with Crippen LogP contribution in [0.4, 0.5) is 0 Å². The summed E-state index contributed by atoms with van der Waals surface area (Å²) in [5.41, 5.74) is 4.15. The lowest BCUT2D eigenvalue weighted by Gasteiger charge is -2.26. The van der Waals surface area contributed by atoms with E-state index in [1.165, 1.54) is 16.7 Å². The number of carbonyl (C=O) groups is 1. The predicted molar refractivity (Wildman–Crippen MR) is 90.5 cm³/mol. The van der Waals surface area contributed by atoms with Crippen molar-refractivity contribution in [3.8, 4) is 0 Å². The average Bonchev–Trinajstić information content (AvgIpc) is 2.84. The average molecular weight is 297 g/mol. The van der Waals surface area contributed by atoms with E-state index in [4.69, 9.17) is 0 Å². The zero-order valence-electron chi connectivity index (χ0n) is 14.4. The maximum Gasteiger partial charge on any atom is 0.227 e. The Balaban J connectivity index is 1.78. The van der Waals surface area contributed by atoms with Gasteiger partial charge in [-0.3, -0.25) is 4.79 Å². The molecule has 0 spiro atoms. The molecule has 0 aliphatic heterocycles. The Morgan fingerprint density at radius 2 is 1.95 bits per heavy atom. The lowest BCUT2D eigenvalue weighted by Crippen LogP contribution is -2.32. The molecule has 1 fully saturated rings. The molecular formula is C20H27NO. The molecule has 1 aromatic rings. The molecule has 0 heterocycles. The third-order valence-electron chi connectivity index (χ3n) is 5.61. The van der Waals surface area contributed by atoms with Gasteiger partial charge in [-0.1, -0.05) is 49.8 Å². The summed E-state index contributed by atoms with van der Waals surface area (Å²) in [6.45, 7) is 8.67. The van der Waals surface area contributed by atoms with Crippen LogP contribution in [-0.4, -0.2) is 17.9 Å². The smallest absolute Gasteiger partial charge is 0.227 e. The van der Waals surface area contributed by atoms with Gasteiger partial charge in [0.1, 0.15) is 0 Å². The van der Waals surface area contributed by atoms with E-state index in [2.05, 4.69) is 58.0 Å². The van der Waals surface area contributed by atoms with Crippen LogP contribution in [0, 0.1) is 17.3 Å². The third kappa shape index (κ3) is 2.39. The molecule has 3 atom stereocenters. The van der Waals surface area contributed by atoms with Crippen molar-refractivity contribution in [3.63, 3.8) is 0 Å². The molecule has 0 aromatic heterocycles. The summed E-state index contributed by atoms with van der Waals surface area (Å²) in [6.07, 6.45) is 4.42. The van der Waals surface area contributed by atoms with Crippen molar-refractivity contribution in [2.45, 2.75) is 46.6 Å². The van der Waals surface area contributed by atoms with Gasteiger partial charge in [0, 0.05) is 7.05 Å². The molecule has 2 heteroatoms. The molecular weight excluding hydrogens is 270 g/mol. The summed E-state index contributed by atoms with van der Waals surface area (Å²) in [4.78, 5) is 15.0. The fourth-order valence-electron chi connectivity index (χ4n) is 4.13. The number of fused-ring (bicyclic) bond motifs is 1. The van der Waals surface area contributed by atoms with Crippen molar-refractivity contribution in [1.82, 2.24) is 4.90 Å². The highest BCUT2D eigenvalue weighted by Gasteiger charge is 2.61. The summed E-state index contributed by atoms with van der Waals surface area (Å²) in [7, 11) is 1.99. The topological polar surface area (TPSA) is 20.3 Å². The second kappa shape index (κ2) is 5.26. The van der Waals surface area contributed by atoms with Gasteiger partial charge in [-0.25, -0.2) is 0 Å². The molecule has 0 bridgehead atoms. The monoisotopic (exact) mass is 297 g/mol. The first kappa shape index (κ1) is 15.3. The van der Waals surface area contributed by atoms with Crippen molar-refractivity contribution in [3.05, 3.63) is 47.0 Å². The number of amides is 1. The molecule has 0 radical (unpaired) electrons. The Morgan fingerprint density at radius 1 is 1.27 bits per heavy atom. The minimum absolute atomic E-state index is 0.0980. The SMILES string of the molecule is CC(C)=C[C@@H]1[C@@H](C(=O)N(C)[C@@H]2CCc3ccccc32)C1(C)C. The summed E-state index contributed by atoms with van der Waals surface area (Å²) in [6, 6.07) is 8.82. The number of rotatable bonds is 3. The van der Waals surface area contributed by atoms with Gasteiger partial charge in [0.05, 0.1) is 12.0 Å². The van der Waals surface area contributed by atoms with Gasteiger partial charge in [0.25, 0.3) is 0 Å². The van der Waals surface area contributed by atoms with Crippen LogP contribution >= 0.6 is 0 Å². The Hall–Kier alpha value is -1.57. The van der Waals surface area contributed by atoms with Crippen LogP contribution in [0.15, 0.2) is 35.9 Å². The molecule has 0 saturated heterocycles. The Bertz CT molecular complexity index is 624. The molecule has 0 unspecified atom stereocenters. The van der Waals surface area contributed by atoms with Gasteiger partial charge in [-0.05, 0) is 49.1 Å². The molecule has 1 aromatic carbocycles. The normalized spacial score (nSPS) is 28.0. The number of carbonyl (C=O) groups excluding carboxylic acids is 1. The van der Waals surface area contributed by atoms with Gasteiger partial charge in [0.2, 0.25) is 5.91 Å². The lowest BCUT2D eigenvalue weighted by atomic mass is 10.1. The van der Waals surface area contributed by atoms with Crippen molar-refractivity contribution in [2.24, 2.45) is 17.3 Å². The largest absolute Gasteiger partial charge is 0.338 e. The maximum atomic E-state index is 13.0. The summed E-state index contributed by atoms with van der Waals surface area (Å²) < 4.78 is 0. The molecule has 22 heavy (non-hydrogen) atoms. The Morgan fingerprint density at radius 3 is 2.64 bits per heavy atom. The van der Waals surface area contributed by atoms with Crippen LogP contribution in [0.3, 0.4) is 0 Å². The van der Waals surface area contributed by atoms with Crippen LogP contribution in [0.1, 0.15) is 51.3 Å². The van der Waals surface area contributed by atoms with E-state index in [0.717, 1.165) is 12.8 Å². The predicted octanol–water partition coefficient (Wildman–Crippen LogP) is 4.37. The fourth-order valence-corrected chi connectivity index (χ4v) is 4.13. The number of aryl methyl sites for hydroxylation is 1. The van der Waals surface area contributed by atoms with Gasteiger partial charge < -0.3 is 4.90 Å². The quantitative estimate of drug-likeness (QED) is 0.759. The second-order valence-corrected chi connectivity index (χ2v) is 7.77. The first-order chi connectivity index (χ1) is 10.3. The van der Waals surface area contributed by atoms with Gasteiger partial charge in [-0.2, -0.15) is 0 Å². The lowest BCUT2D eigenvalue weighted by molar-refractivity contribution is -0.134. The fraction of sp³-hybridized carbons (Fsp3) is 0.550. The summed E-state index contributed by atoms with van der Waals surface area (Å²) in [5.74, 6) is 0.846. The number of nitrogens with zero attached hydrogens (tertiary/aromatic N) is 1. The van der Waals surface area contributed by atoms with Crippen LogP contribution in [0.25, 0.3) is 0 Å². The molecule has 3 rings (SSSR count). The highest BCUT2D eigenvalue weighted by Crippen LogP contribution is 2.60. The number of hydrogen-bond acceptors (Lipinski definition) is 1. The minimum atomic E-state index is 0.0980. The van der Waals surface area contributed by atoms with Gasteiger partial charge >= 0.3 is 0 Å². The van der Waals surface area contributed by atoms with E-state index in [-0.39, 0.29) is 17.4 Å². The van der Waals surface area contributed by atoms with E-state index in [1.807, 2.05) is 11.9 Å². The number of allylic oxidation sites excluding steroid dienone is 2. The van der Waals surface area contributed by atoms with E-state index >= 15 is 0 Å². The zero-order chi connectivity index (χ0) is 16.1. The van der Waals surface area contributed by atoms with Crippen molar-refractivity contribution < 1.29 is 4.79 Å². The molecule has 1 amide bonds. The third-order valence-corrected chi connectivity index (χ3v) is 5.61. The summed E-state index contributed by atoms with van der Waals surface area (Å²) in [5, 5.41) is 0. The maximum absolute atomic E-state index is 13.0. The Labute approximate surface area is 134 Å². The van der Waals surface area contributed by atoms with Crippen LogP contribution in [-0.2, 0) is 11.2 Å². The zero-order valence-corrected chi connectivity index (χ0v) is 14.4. The van der Waals surface area contributed by atoms with E-state index in [0.29, 0.717) is 11.8 Å². The molecule has 2 aliphatic rings. The minimum Gasteiger partial charge on any atom is -0.338 e. The van der Waals surface area contributed by atoms with Crippen molar-refractivity contribution in [2.75, 3.05) is 7.05 Å². The van der Waals surface area contributed by atoms with Crippen LogP contribution in [0.2, 0.25) is 0 Å². The molecule has 2 aliphatic carbocycles. The van der Waals surface area contributed by atoms with E-state index in [1.54, 1.807) is 0 Å². The highest BCUT2D eigenvalue weighted by atomic mass is 16.2. The van der Waals surface area contributed by atoms with Crippen molar-refractivity contribution >= 4 is 5.91 Å². The molecule has 118 valence electrons. The second-order valence-electron chi connectivity index (χ2n) is 7.77.